The maximum absolute atomic E-state index is 6.67. The number of ether oxygens (including phenoxy) is 1. The Morgan fingerprint density at radius 2 is 1.59 bits per heavy atom. The highest BCUT2D eigenvalue weighted by atomic mass is 16.5. The van der Waals surface area contributed by atoms with Gasteiger partial charge in [-0.1, -0.05) is 60.7 Å². The molecule has 1 aliphatic rings. The fourth-order valence-electron chi connectivity index (χ4n) is 4.57. The Morgan fingerprint density at radius 1 is 0.882 bits per heavy atom. The second-order valence-corrected chi connectivity index (χ2v) is 8.86. The van der Waals surface area contributed by atoms with E-state index in [-0.39, 0.29) is 6.10 Å². The van der Waals surface area contributed by atoms with E-state index in [1.165, 1.54) is 17.5 Å². The molecule has 0 saturated carbocycles. The summed E-state index contributed by atoms with van der Waals surface area (Å²) in [6.45, 7) is 4.24. The first kappa shape index (κ1) is 22.5. The van der Waals surface area contributed by atoms with Gasteiger partial charge in [0, 0.05) is 19.6 Å². The van der Waals surface area contributed by atoms with E-state index in [4.69, 9.17) is 4.74 Å². The van der Waals surface area contributed by atoms with E-state index in [9.17, 15) is 0 Å². The van der Waals surface area contributed by atoms with E-state index in [0.717, 1.165) is 56.9 Å². The summed E-state index contributed by atoms with van der Waals surface area (Å²) >= 11 is 0. The fraction of sp³-hybridized carbons (Fsp3) is 0.370. The van der Waals surface area contributed by atoms with Gasteiger partial charge in [-0.2, -0.15) is 4.52 Å². The number of benzene rings is 2. The van der Waals surface area contributed by atoms with Crippen LogP contribution in [-0.2, 0) is 4.74 Å². The van der Waals surface area contributed by atoms with Crippen LogP contribution in [0.5, 0.6) is 0 Å². The SMILES string of the molecule is c1ccc(C(OC2CCN(CCCCNc3ccc4nncn4n3)CC2)c2ccccc2)cc1. The van der Waals surface area contributed by atoms with Crippen molar-refractivity contribution in [2.75, 3.05) is 31.5 Å². The molecule has 3 heterocycles. The number of hydrogen-bond acceptors (Lipinski definition) is 6. The number of aromatic nitrogens is 4. The molecule has 0 atom stereocenters. The maximum atomic E-state index is 6.67. The van der Waals surface area contributed by atoms with Crippen LogP contribution in [0, 0.1) is 0 Å². The van der Waals surface area contributed by atoms with Crippen LogP contribution in [0.2, 0.25) is 0 Å². The van der Waals surface area contributed by atoms with Crippen molar-refractivity contribution in [3.8, 4) is 0 Å². The number of nitrogens with one attached hydrogen (secondary N) is 1. The Hall–Kier alpha value is -3.29. The van der Waals surface area contributed by atoms with Gasteiger partial charge in [-0.15, -0.1) is 15.3 Å². The molecule has 0 amide bonds. The zero-order valence-corrected chi connectivity index (χ0v) is 19.5. The van der Waals surface area contributed by atoms with Crippen molar-refractivity contribution in [3.63, 3.8) is 0 Å². The first-order valence-electron chi connectivity index (χ1n) is 12.2. The lowest BCUT2D eigenvalue weighted by atomic mass is 10.00. The summed E-state index contributed by atoms with van der Waals surface area (Å²) < 4.78 is 8.36. The number of anilines is 1. The Balaban J connectivity index is 1.04. The third-order valence-electron chi connectivity index (χ3n) is 6.44. The van der Waals surface area contributed by atoms with Crippen molar-refractivity contribution in [1.29, 1.82) is 0 Å². The Bertz CT molecular complexity index is 1100. The summed E-state index contributed by atoms with van der Waals surface area (Å²) in [7, 11) is 0. The van der Waals surface area contributed by atoms with E-state index in [2.05, 4.69) is 86.2 Å². The molecule has 1 N–H and O–H groups in total. The van der Waals surface area contributed by atoms with E-state index in [1.807, 2.05) is 12.1 Å². The highest BCUT2D eigenvalue weighted by molar-refractivity contribution is 5.42. The van der Waals surface area contributed by atoms with E-state index in [1.54, 1.807) is 10.8 Å². The minimum absolute atomic E-state index is 0.00374. The van der Waals surface area contributed by atoms with Crippen molar-refractivity contribution in [3.05, 3.63) is 90.3 Å². The Labute approximate surface area is 200 Å². The summed E-state index contributed by atoms with van der Waals surface area (Å²) in [6, 6.07) is 25.0. The molecule has 5 rings (SSSR count). The van der Waals surface area contributed by atoms with Crippen molar-refractivity contribution in [2.24, 2.45) is 0 Å². The van der Waals surface area contributed by atoms with Gasteiger partial charge in [-0.25, -0.2) is 0 Å². The largest absolute Gasteiger partial charge is 0.369 e. The first-order valence-corrected chi connectivity index (χ1v) is 12.2. The number of unbranched alkanes of at least 4 members (excludes halogenated alkanes) is 1. The molecule has 1 saturated heterocycles. The first-order chi connectivity index (χ1) is 16.8. The van der Waals surface area contributed by atoms with E-state index in [0.29, 0.717) is 6.10 Å². The summed E-state index contributed by atoms with van der Waals surface area (Å²) in [4.78, 5) is 2.57. The summed E-state index contributed by atoms with van der Waals surface area (Å²) in [6.07, 6.45) is 6.36. The van der Waals surface area contributed by atoms with Gasteiger partial charge >= 0.3 is 0 Å². The molecule has 7 heteroatoms. The van der Waals surface area contributed by atoms with Crippen LogP contribution in [0.3, 0.4) is 0 Å². The smallest absolute Gasteiger partial charge is 0.177 e. The molecule has 0 aliphatic carbocycles. The molecule has 4 aromatic rings. The Kier molecular flexibility index (Phi) is 7.43. The van der Waals surface area contributed by atoms with E-state index < -0.39 is 0 Å². The molecule has 7 nitrogen and oxygen atoms in total. The highest BCUT2D eigenvalue weighted by Gasteiger charge is 2.24. The van der Waals surface area contributed by atoms with Crippen molar-refractivity contribution >= 4 is 11.5 Å². The molecule has 1 fully saturated rings. The third-order valence-corrected chi connectivity index (χ3v) is 6.44. The molecular formula is C27H32N6O. The minimum atomic E-state index is -0.00374. The van der Waals surface area contributed by atoms with Gasteiger partial charge < -0.3 is 15.0 Å². The van der Waals surface area contributed by atoms with Crippen LogP contribution in [0.1, 0.15) is 42.9 Å². The molecule has 0 unspecified atom stereocenters. The molecule has 34 heavy (non-hydrogen) atoms. The molecule has 0 spiro atoms. The maximum Gasteiger partial charge on any atom is 0.177 e. The second kappa shape index (κ2) is 11.2. The standard InChI is InChI=1S/C27H32N6O/c1-3-9-22(10-4-1)27(23-11-5-2-6-12-23)34-24-15-19-32(20-16-24)18-8-7-17-28-25-13-14-26-30-29-21-33(26)31-25/h1-6,9-14,21,24,27H,7-8,15-20H2,(H,28,31). The molecule has 0 radical (unpaired) electrons. The van der Waals surface area contributed by atoms with Crippen LogP contribution in [0.15, 0.2) is 79.1 Å². The summed E-state index contributed by atoms with van der Waals surface area (Å²) in [5.41, 5.74) is 3.21. The fourth-order valence-corrected chi connectivity index (χ4v) is 4.57. The number of hydrogen-bond donors (Lipinski definition) is 1. The number of rotatable bonds is 10. The lowest BCUT2D eigenvalue weighted by Gasteiger charge is -2.34. The summed E-state index contributed by atoms with van der Waals surface area (Å²) in [5, 5.41) is 15.7. The number of piperidine rings is 1. The van der Waals surface area contributed by atoms with Gasteiger partial charge in [0.15, 0.2) is 5.65 Å². The number of likely N-dealkylation sites (tertiary alicyclic amines) is 1. The van der Waals surface area contributed by atoms with Crippen LogP contribution in [0.25, 0.3) is 5.65 Å². The number of fused-ring (bicyclic) bond motifs is 1. The van der Waals surface area contributed by atoms with Crippen LogP contribution >= 0.6 is 0 Å². The van der Waals surface area contributed by atoms with Gasteiger partial charge in [-0.3, -0.25) is 0 Å². The zero-order chi connectivity index (χ0) is 23.0. The molecule has 0 bridgehead atoms. The Morgan fingerprint density at radius 3 is 2.29 bits per heavy atom. The predicted octanol–water partition coefficient (Wildman–Crippen LogP) is 4.59. The van der Waals surface area contributed by atoms with Gasteiger partial charge in [0.25, 0.3) is 0 Å². The molecule has 1 aliphatic heterocycles. The average Bonchev–Trinajstić information content (AvgIpc) is 3.37. The molecule has 176 valence electrons. The zero-order valence-electron chi connectivity index (χ0n) is 19.5. The van der Waals surface area contributed by atoms with Gasteiger partial charge in [0.1, 0.15) is 18.2 Å². The molecular weight excluding hydrogens is 424 g/mol. The average molecular weight is 457 g/mol. The monoisotopic (exact) mass is 456 g/mol. The third kappa shape index (κ3) is 5.79. The highest BCUT2D eigenvalue weighted by Crippen LogP contribution is 2.30. The summed E-state index contributed by atoms with van der Waals surface area (Å²) in [5.74, 6) is 0.858. The van der Waals surface area contributed by atoms with Crippen molar-refractivity contribution in [2.45, 2.75) is 37.9 Å². The van der Waals surface area contributed by atoms with Crippen molar-refractivity contribution < 1.29 is 4.74 Å². The van der Waals surface area contributed by atoms with E-state index >= 15 is 0 Å². The van der Waals surface area contributed by atoms with Gasteiger partial charge in [0.05, 0.1) is 6.10 Å². The topological polar surface area (TPSA) is 67.6 Å². The van der Waals surface area contributed by atoms with Crippen LogP contribution in [0.4, 0.5) is 5.82 Å². The quantitative estimate of drug-likeness (QED) is 0.352. The van der Waals surface area contributed by atoms with Crippen LogP contribution < -0.4 is 5.32 Å². The predicted molar refractivity (Wildman–Crippen MR) is 134 cm³/mol. The van der Waals surface area contributed by atoms with Gasteiger partial charge in [-0.05, 0) is 55.5 Å². The number of nitrogens with zero attached hydrogens (tertiary/aromatic N) is 5. The van der Waals surface area contributed by atoms with Crippen molar-refractivity contribution in [1.82, 2.24) is 24.7 Å². The lowest BCUT2D eigenvalue weighted by Crippen LogP contribution is -2.38. The normalized spacial score (nSPS) is 15.2. The molecule has 2 aromatic heterocycles. The second-order valence-electron chi connectivity index (χ2n) is 8.86. The van der Waals surface area contributed by atoms with Crippen LogP contribution in [-0.4, -0.2) is 57.0 Å². The molecule has 2 aromatic carbocycles. The lowest BCUT2D eigenvalue weighted by molar-refractivity contribution is -0.0270. The minimum Gasteiger partial charge on any atom is -0.369 e. The van der Waals surface area contributed by atoms with Gasteiger partial charge in [0.2, 0.25) is 0 Å².